The zero-order chi connectivity index (χ0) is 15.5. The van der Waals surface area contributed by atoms with E-state index in [1.54, 1.807) is 0 Å². The van der Waals surface area contributed by atoms with Gasteiger partial charge in [0, 0.05) is 13.2 Å². The van der Waals surface area contributed by atoms with E-state index < -0.39 is 0 Å². The number of hydrogen-bond donors (Lipinski definition) is 3. The molecule has 1 rings (SSSR count). The smallest absolute Gasteiger partial charge is 0.147 e. The summed E-state index contributed by atoms with van der Waals surface area (Å²) in [6, 6.07) is 9.84. The van der Waals surface area contributed by atoms with Gasteiger partial charge in [-0.1, -0.05) is 35.5 Å². The Morgan fingerprint density at radius 2 is 2.00 bits per heavy atom. The third-order valence-electron chi connectivity index (χ3n) is 3.22. The van der Waals surface area contributed by atoms with E-state index in [-0.39, 0.29) is 11.8 Å². The summed E-state index contributed by atoms with van der Waals surface area (Å²) in [6.45, 7) is 6.43. The summed E-state index contributed by atoms with van der Waals surface area (Å²) in [5.41, 5.74) is 6.83. The monoisotopic (exact) mass is 293 g/mol. The number of nitrogens with zero attached hydrogens (tertiary/aromatic N) is 1. The van der Waals surface area contributed by atoms with Gasteiger partial charge in [-0.15, -0.1) is 0 Å². The number of unbranched alkanes of at least 4 members (excludes halogenated alkanes) is 1. The molecule has 5 nitrogen and oxygen atoms in total. The zero-order valence-electron chi connectivity index (χ0n) is 13.0. The molecule has 0 saturated heterocycles. The molecule has 0 heterocycles. The highest BCUT2D eigenvalue weighted by molar-refractivity contribution is 5.87. The molecular weight excluding hydrogens is 266 g/mol. The van der Waals surface area contributed by atoms with Gasteiger partial charge < -0.3 is 21.0 Å². The van der Waals surface area contributed by atoms with Crippen molar-refractivity contribution < 1.29 is 9.94 Å². The molecular formula is C16H27N3O2. The van der Waals surface area contributed by atoms with Crippen LogP contribution in [-0.4, -0.2) is 36.8 Å². The number of amidine groups is 1. The molecule has 0 amide bonds. The van der Waals surface area contributed by atoms with E-state index in [4.69, 9.17) is 15.7 Å². The fourth-order valence-corrected chi connectivity index (χ4v) is 2.07. The lowest BCUT2D eigenvalue weighted by Crippen LogP contribution is -2.32. The van der Waals surface area contributed by atoms with Crippen LogP contribution in [0.2, 0.25) is 0 Å². The SMILES string of the molecule is CC(C)OCCCCNCC(/C(N)=N/O)c1ccccc1. The molecule has 0 spiro atoms. The van der Waals surface area contributed by atoms with Crippen molar-refractivity contribution in [2.75, 3.05) is 19.7 Å². The maximum absolute atomic E-state index is 8.91. The number of benzene rings is 1. The van der Waals surface area contributed by atoms with Gasteiger partial charge in [-0.3, -0.25) is 0 Å². The van der Waals surface area contributed by atoms with Gasteiger partial charge in [-0.2, -0.15) is 0 Å². The predicted octanol–water partition coefficient (Wildman–Crippen LogP) is 2.31. The summed E-state index contributed by atoms with van der Waals surface area (Å²) in [6.07, 6.45) is 2.37. The molecule has 1 atom stereocenters. The second kappa shape index (κ2) is 10.2. The minimum Gasteiger partial charge on any atom is -0.409 e. The lowest BCUT2D eigenvalue weighted by atomic mass is 9.98. The van der Waals surface area contributed by atoms with E-state index >= 15 is 0 Å². The Hall–Kier alpha value is -1.59. The topological polar surface area (TPSA) is 79.9 Å². The van der Waals surface area contributed by atoms with Crippen LogP contribution >= 0.6 is 0 Å². The highest BCUT2D eigenvalue weighted by Crippen LogP contribution is 2.14. The van der Waals surface area contributed by atoms with Gasteiger partial charge >= 0.3 is 0 Å². The summed E-state index contributed by atoms with van der Waals surface area (Å²) in [5.74, 6) is 0.125. The molecule has 1 aromatic carbocycles. The molecule has 118 valence electrons. The Labute approximate surface area is 127 Å². The van der Waals surface area contributed by atoms with Crippen LogP contribution in [0, 0.1) is 0 Å². The molecule has 0 aliphatic heterocycles. The van der Waals surface area contributed by atoms with E-state index in [0.29, 0.717) is 12.6 Å². The first kappa shape index (κ1) is 17.5. The van der Waals surface area contributed by atoms with Gasteiger partial charge in [0.25, 0.3) is 0 Å². The number of nitrogens with two attached hydrogens (primary N) is 1. The highest BCUT2D eigenvalue weighted by Gasteiger charge is 2.15. The molecule has 0 radical (unpaired) electrons. The van der Waals surface area contributed by atoms with Gasteiger partial charge in [0.15, 0.2) is 0 Å². The first-order valence-corrected chi connectivity index (χ1v) is 7.49. The van der Waals surface area contributed by atoms with Crippen molar-refractivity contribution in [1.29, 1.82) is 0 Å². The third kappa shape index (κ3) is 7.11. The lowest BCUT2D eigenvalue weighted by Gasteiger charge is -2.16. The lowest BCUT2D eigenvalue weighted by molar-refractivity contribution is 0.0760. The van der Waals surface area contributed by atoms with Crippen molar-refractivity contribution in [2.24, 2.45) is 10.9 Å². The molecule has 0 bridgehead atoms. The summed E-state index contributed by atoms with van der Waals surface area (Å²) < 4.78 is 5.49. The predicted molar refractivity (Wildman–Crippen MR) is 85.8 cm³/mol. The van der Waals surface area contributed by atoms with Gasteiger partial charge in [0.2, 0.25) is 0 Å². The Kier molecular flexibility index (Phi) is 8.47. The van der Waals surface area contributed by atoms with Gasteiger partial charge in [0.05, 0.1) is 12.0 Å². The molecule has 4 N–H and O–H groups in total. The van der Waals surface area contributed by atoms with E-state index in [0.717, 1.165) is 31.6 Å². The fraction of sp³-hybridized carbons (Fsp3) is 0.562. The summed E-state index contributed by atoms with van der Waals surface area (Å²) >= 11 is 0. The quantitative estimate of drug-likeness (QED) is 0.203. The fourth-order valence-electron chi connectivity index (χ4n) is 2.07. The second-order valence-electron chi connectivity index (χ2n) is 5.32. The zero-order valence-corrected chi connectivity index (χ0v) is 13.0. The van der Waals surface area contributed by atoms with E-state index in [1.807, 2.05) is 44.2 Å². The molecule has 0 aliphatic rings. The number of hydrogen-bond acceptors (Lipinski definition) is 4. The average molecular weight is 293 g/mol. The van der Waals surface area contributed by atoms with Crippen LogP contribution in [-0.2, 0) is 4.74 Å². The minimum atomic E-state index is -0.108. The molecule has 21 heavy (non-hydrogen) atoms. The van der Waals surface area contributed by atoms with Gasteiger partial charge in [-0.05, 0) is 38.8 Å². The number of nitrogens with one attached hydrogen (secondary N) is 1. The number of rotatable bonds is 10. The number of ether oxygens (including phenoxy) is 1. The van der Waals surface area contributed by atoms with Crippen LogP contribution in [0.5, 0.6) is 0 Å². The first-order chi connectivity index (χ1) is 10.1. The van der Waals surface area contributed by atoms with E-state index in [9.17, 15) is 0 Å². The summed E-state index contributed by atoms with van der Waals surface area (Å²) in [5, 5.41) is 15.4. The average Bonchev–Trinajstić information content (AvgIpc) is 2.50. The molecule has 1 aromatic rings. The Bertz CT molecular complexity index is 407. The molecule has 0 aromatic heterocycles. The maximum atomic E-state index is 8.91. The Morgan fingerprint density at radius 3 is 2.62 bits per heavy atom. The van der Waals surface area contributed by atoms with Crippen LogP contribution in [0.4, 0.5) is 0 Å². The first-order valence-electron chi connectivity index (χ1n) is 7.49. The second-order valence-corrected chi connectivity index (χ2v) is 5.32. The van der Waals surface area contributed by atoms with Crippen LogP contribution in [0.25, 0.3) is 0 Å². The maximum Gasteiger partial charge on any atom is 0.147 e. The highest BCUT2D eigenvalue weighted by atomic mass is 16.5. The van der Waals surface area contributed by atoms with Crippen molar-refractivity contribution in [3.05, 3.63) is 35.9 Å². The van der Waals surface area contributed by atoms with E-state index in [2.05, 4.69) is 10.5 Å². The largest absolute Gasteiger partial charge is 0.409 e. The standard InChI is InChI=1S/C16H27N3O2/c1-13(2)21-11-7-6-10-18-12-15(16(17)19-20)14-8-4-3-5-9-14/h3-5,8-9,13,15,18,20H,6-7,10-12H2,1-2H3,(H2,17,19). The van der Waals surface area contributed by atoms with Crippen molar-refractivity contribution >= 4 is 5.84 Å². The van der Waals surface area contributed by atoms with Crippen molar-refractivity contribution in [3.8, 4) is 0 Å². The Balaban J connectivity index is 2.32. The van der Waals surface area contributed by atoms with Gasteiger partial charge in [0.1, 0.15) is 5.84 Å². The van der Waals surface area contributed by atoms with Crippen LogP contribution in [0.1, 0.15) is 38.2 Å². The molecule has 0 aliphatic carbocycles. The van der Waals surface area contributed by atoms with Crippen LogP contribution in [0.3, 0.4) is 0 Å². The molecule has 0 fully saturated rings. The van der Waals surface area contributed by atoms with Crippen molar-refractivity contribution in [3.63, 3.8) is 0 Å². The van der Waals surface area contributed by atoms with Crippen LogP contribution < -0.4 is 11.1 Å². The van der Waals surface area contributed by atoms with E-state index in [1.165, 1.54) is 0 Å². The third-order valence-corrected chi connectivity index (χ3v) is 3.22. The van der Waals surface area contributed by atoms with Crippen LogP contribution in [0.15, 0.2) is 35.5 Å². The molecule has 1 unspecified atom stereocenters. The summed E-state index contributed by atoms with van der Waals surface area (Å²) in [4.78, 5) is 0. The van der Waals surface area contributed by atoms with Crippen molar-refractivity contribution in [1.82, 2.24) is 5.32 Å². The Morgan fingerprint density at radius 1 is 1.29 bits per heavy atom. The minimum absolute atomic E-state index is 0.108. The molecule has 0 saturated carbocycles. The number of oxime groups is 1. The van der Waals surface area contributed by atoms with Crippen molar-refractivity contribution in [2.45, 2.75) is 38.7 Å². The molecule has 5 heteroatoms. The van der Waals surface area contributed by atoms with Gasteiger partial charge in [-0.25, -0.2) is 0 Å². The normalized spacial score (nSPS) is 13.6. The summed E-state index contributed by atoms with van der Waals surface area (Å²) in [7, 11) is 0.